The maximum Gasteiger partial charge on any atom is 0.159 e. The van der Waals surface area contributed by atoms with Gasteiger partial charge in [0, 0.05) is 16.6 Å². The van der Waals surface area contributed by atoms with Gasteiger partial charge in [-0.15, -0.1) is 0 Å². The van der Waals surface area contributed by atoms with E-state index in [4.69, 9.17) is 26.3 Å². The molecule has 9 heteroatoms. The molecule has 0 bridgehead atoms. The first-order chi connectivity index (χ1) is 17.6. The number of ether oxygens (including phenoxy) is 1. The Morgan fingerprint density at radius 1 is 1.14 bits per heavy atom. The Morgan fingerprint density at radius 3 is 2.81 bits per heavy atom. The van der Waals surface area contributed by atoms with Crippen molar-refractivity contribution in [1.29, 1.82) is 0 Å². The van der Waals surface area contributed by atoms with E-state index in [9.17, 15) is 4.39 Å². The van der Waals surface area contributed by atoms with Crippen molar-refractivity contribution in [3.8, 4) is 17.6 Å². The van der Waals surface area contributed by atoms with Crippen molar-refractivity contribution in [3.63, 3.8) is 0 Å². The molecule has 1 heterocycles. The highest BCUT2D eigenvalue weighted by Crippen LogP contribution is 2.31. The Labute approximate surface area is 212 Å². The molecule has 0 aliphatic carbocycles. The number of aliphatic hydroxyl groups excluding tert-OH is 1. The third-order valence-electron chi connectivity index (χ3n) is 4.97. The molecule has 0 amide bonds. The Kier molecular flexibility index (Phi) is 8.29. The summed E-state index contributed by atoms with van der Waals surface area (Å²) >= 11 is 6.44. The molecule has 0 aliphatic heterocycles. The van der Waals surface area contributed by atoms with Crippen molar-refractivity contribution in [2.45, 2.75) is 13.5 Å². The zero-order valence-electron chi connectivity index (χ0n) is 19.3. The molecular weight excluding hydrogens is 483 g/mol. The van der Waals surface area contributed by atoms with E-state index in [2.05, 4.69) is 32.3 Å². The van der Waals surface area contributed by atoms with Crippen LogP contribution in [0.4, 0.5) is 15.9 Å². The number of nitrogens with one attached hydrogen (secondary N) is 1. The fourth-order valence-electron chi connectivity index (χ4n) is 3.34. The molecule has 3 aromatic carbocycles. The number of rotatable bonds is 9. The summed E-state index contributed by atoms with van der Waals surface area (Å²) in [6.45, 7) is 1.82. The van der Waals surface area contributed by atoms with E-state index in [1.807, 2.05) is 24.3 Å². The summed E-state index contributed by atoms with van der Waals surface area (Å²) in [7, 11) is 0. The number of nitrogens with zero attached hydrogens (tertiary/aromatic N) is 3. The van der Waals surface area contributed by atoms with E-state index in [0.717, 1.165) is 10.9 Å². The summed E-state index contributed by atoms with van der Waals surface area (Å²) in [4.78, 5) is 13.8. The predicted octanol–water partition coefficient (Wildman–Crippen LogP) is 5.48. The van der Waals surface area contributed by atoms with E-state index < -0.39 is 0 Å². The number of aliphatic hydroxyl groups is 1. The number of anilines is 2. The van der Waals surface area contributed by atoms with Crippen LogP contribution in [0, 0.1) is 17.7 Å². The van der Waals surface area contributed by atoms with Crippen LogP contribution >= 0.6 is 11.6 Å². The van der Waals surface area contributed by atoms with Crippen LogP contribution in [0.1, 0.15) is 18.1 Å². The van der Waals surface area contributed by atoms with Gasteiger partial charge in [-0.05, 0) is 66.9 Å². The lowest BCUT2D eigenvalue weighted by atomic mass is 10.1. The standard InChI is InChI=1S/C27H22ClFN4O3/c1-2-4-24(33-36-12-11-34)19-7-9-25-22(14-19)27(31-17-30-25)32-21-8-10-26(23(28)15-21)35-16-18-5-3-6-20(29)13-18/h3,5-10,13-15,17,34H,11-12,16H2,1H3,(H,30,31,32)/b33-24-. The summed E-state index contributed by atoms with van der Waals surface area (Å²) in [5, 5.41) is 17.4. The van der Waals surface area contributed by atoms with Gasteiger partial charge in [0.25, 0.3) is 0 Å². The maximum atomic E-state index is 13.4. The molecule has 36 heavy (non-hydrogen) atoms. The third-order valence-corrected chi connectivity index (χ3v) is 5.26. The maximum absolute atomic E-state index is 13.4. The van der Waals surface area contributed by atoms with Crippen LogP contribution in [0.15, 0.2) is 72.1 Å². The van der Waals surface area contributed by atoms with Crippen molar-refractivity contribution < 1.29 is 19.1 Å². The molecule has 0 saturated carbocycles. The Hall–Kier alpha value is -4.19. The number of oxime groups is 1. The first kappa shape index (κ1) is 24.9. The second-order valence-electron chi connectivity index (χ2n) is 7.51. The monoisotopic (exact) mass is 504 g/mol. The third kappa shape index (κ3) is 6.27. The summed E-state index contributed by atoms with van der Waals surface area (Å²) in [5.41, 5.74) is 3.25. The van der Waals surface area contributed by atoms with Gasteiger partial charge in [-0.3, -0.25) is 0 Å². The van der Waals surface area contributed by atoms with E-state index in [1.165, 1.54) is 18.5 Å². The summed E-state index contributed by atoms with van der Waals surface area (Å²) in [5.74, 6) is 6.44. The van der Waals surface area contributed by atoms with Crippen LogP contribution in [0.3, 0.4) is 0 Å². The summed E-state index contributed by atoms with van der Waals surface area (Å²) < 4.78 is 19.1. The van der Waals surface area contributed by atoms with Crippen molar-refractivity contribution in [1.82, 2.24) is 9.97 Å². The number of fused-ring (bicyclic) bond motifs is 1. The first-order valence-corrected chi connectivity index (χ1v) is 11.4. The minimum Gasteiger partial charge on any atom is -0.487 e. The van der Waals surface area contributed by atoms with Gasteiger partial charge in [-0.1, -0.05) is 34.8 Å². The molecule has 2 N–H and O–H groups in total. The summed E-state index contributed by atoms with van der Waals surface area (Å²) in [6.07, 6.45) is 1.47. The van der Waals surface area contributed by atoms with Crippen molar-refractivity contribution in [2.75, 3.05) is 18.5 Å². The highest BCUT2D eigenvalue weighted by Gasteiger charge is 2.10. The van der Waals surface area contributed by atoms with E-state index in [0.29, 0.717) is 39.1 Å². The molecule has 4 aromatic rings. The second kappa shape index (κ2) is 12.0. The van der Waals surface area contributed by atoms with Gasteiger partial charge in [-0.25, -0.2) is 14.4 Å². The van der Waals surface area contributed by atoms with E-state index in [1.54, 1.807) is 31.2 Å². The SMILES string of the molecule is CC#C/C(=N/OCCO)c1ccc2ncnc(Nc3ccc(OCc4cccc(F)c4)c(Cl)c3)c2c1. The smallest absolute Gasteiger partial charge is 0.159 e. The van der Waals surface area contributed by atoms with Crippen LogP contribution in [0.5, 0.6) is 5.75 Å². The van der Waals surface area contributed by atoms with Gasteiger partial charge in [-0.2, -0.15) is 0 Å². The average Bonchev–Trinajstić information content (AvgIpc) is 2.88. The van der Waals surface area contributed by atoms with Crippen molar-refractivity contribution >= 4 is 39.7 Å². The lowest BCUT2D eigenvalue weighted by molar-refractivity contribution is 0.0990. The topological polar surface area (TPSA) is 88.9 Å². The fraction of sp³-hybridized carbons (Fsp3) is 0.148. The quantitative estimate of drug-likeness (QED) is 0.136. The normalized spacial score (nSPS) is 11.1. The molecule has 0 aliphatic rings. The second-order valence-corrected chi connectivity index (χ2v) is 7.92. The Balaban J connectivity index is 1.56. The average molecular weight is 505 g/mol. The van der Waals surface area contributed by atoms with Crippen molar-refractivity contribution in [2.24, 2.45) is 5.16 Å². The van der Waals surface area contributed by atoms with Crippen LogP contribution in [-0.4, -0.2) is 34.0 Å². The number of halogens is 2. The van der Waals surface area contributed by atoms with Crippen LogP contribution in [0.2, 0.25) is 5.02 Å². The largest absolute Gasteiger partial charge is 0.487 e. The molecule has 0 radical (unpaired) electrons. The van der Waals surface area contributed by atoms with Gasteiger partial charge >= 0.3 is 0 Å². The van der Waals surface area contributed by atoms with Gasteiger partial charge in [0.05, 0.1) is 17.1 Å². The van der Waals surface area contributed by atoms with Gasteiger partial charge in [0.15, 0.2) is 5.71 Å². The molecule has 4 rings (SSSR count). The van der Waals surface area contributed by atoms with Crippen LogP contribution in [0.25, 0.3) is 10.9 Å². The molecule has 0 atom stereocenters. The highest BCUT2D eigenvalue weighted by atomic mass is 35.5. The fourth-order valence-corrected chi connectivity index (χ4v) is 3.58. The number of hydrogen-bond donors (Lipinski definition) is 2. The lowest BCUT2D eigenvalue weighted by Crippen LogP contribution is -2.03. The van der Waals surface area contributed by atoms with Gasteiger partial charge in [0.1, 0.15) is 36.9 Å². The molecular formula is C27H22ClFN4O3. The highest BCUT2D eigenvalue weighted by molar-refractivity contribution is 6.32. The Bertz CT molecular complexity index is 1470. The lowest BCUT2D eigenvalue weighted by Gasteiger charge is -2.12. The van der Waals surface area contributed by atoms with E-state index >= 15 is 0 Å². The van der Waals surface area contributed by atoms with Gasteiger partial charge < -0.3 is 20.0 Å². The molecule has 7 nitrogen and oxygen atoms in total. The minimum absolute atomic E-state index is 0.0705. The van der Waals surface area contributed by atoms with E-state index in [-0.39, 0.29) is 25.6 Å². The van der Waals surface area contributed by atoms with Crippen LogP contribution < -0.4 is 10.1 Å². The number of aromatic nitrogens is 2. The molecule has 0 unspecified atom stereocenters. The molecule has 182 valence electrons. The zero-order chi connectivity index (χ0) is 25.3. The Morgan fingerprint density at radius 2 is 2.03 bits per heavy atom. The van der Waals surface area contributed by atoms with Gasteiger partial charge in [0.2, 0.25) is 0 Å². The minimum atomic E-state index is -0.320. The molecule has 0 spiro atoms. The number of benzene rings is 3. The van der Waals surface area contributed by atoms with Crippen LogP contribution in [-0.2, 0) is 11.4 Å². The molecule has 0 saturated heterocycles. The predicted molar refractivity (Wildman–Crippen MR) is 138 cm³/mol. The number of hydrogen-bond acceptors (Lipinski definition) is 7. The molecule has 0 fully saturated rings. The molecule has 1 aromatic heterocycles. The zero-order valence-corrected chi connectivity index (χ0v) is 20.1. The van der Waals surface area contributed by atoms with Crippen molar-refractivity contribution in [3.05, 3.63) is 89.0 Å². The first-order valence-electron chi connectivity index (χ1n) is 11.0. The summed E-state index contributed by atoms with van der Waals surface area (Å²) in [6, 6.07) is 17.0.